The molecule has 0 spiro atoms. The summed E-state index contributed by atoms with van der Waals surface area (Å²) in [5.41, 5.74) is -0.680. The predicted octanol–water partition coefficient (Wildman–Crippen LogP) is 2.57. The second-order valence-electron chi connectivity index (χ2n) is 2.92. The van der Waals surface area contributed by atoms with Gasteiger partial charge < -0.3 is 9.52 Å². The highest BCUT2D eigenvalue weighted by Gasteiger charge is 2.34. The van der Waals surface area contributed by atoms with Crippen LogP contribution >= 0.6 is 12.8 Å². The highest BCUT2D eigenvalue weighted by Crippen LogP contribution is 2.28. The maximum absolute atomic E-state index is 11.8. The SMILES string of the molecule is FC(F)(F)c1ccnn1S.O=C(O)c1ccoc1. The summed E-state index contributed by atoms with van der Waals surface area (Å²) in [7, 11) is 0. The number of alkyl halides is 3. The van der Waals surface area contributed by atoms with Crippen LogP contribution < -0.4 is 0 Å². The second kappa shape index (κ2) is 5.63. The summed E-state index contributed by atoms with van der Waals surface area (Å²) in [5, 5.41) is 11.5. The van der Waals surface area contributed by atoms with E-state index in [1.165, 1.54) is 18.6 Å². The monoisotopic (exact) mass is 280 g/mol. The van der Waals surface area contributed by atoms with Crippen LogP contribution in [0.3, 0.4) is 0 Å². The average molecular weight is 280 g/mol. The van der Waals surface area contributed by atoms with Crippen LogP contribution in [0.5, 0.6) is 0 Å². The van der Waals surface area contributed by atoms with E-state index in [4.69, 9.17) is 5.11 Å². The number of aromatic carboxylic acids is 1. The van der Waals surface area contributed by atoms with Crippen molar-refractivity contribution in [3.63, 3.8) is 0 Å². The van der Waals surface area contributed by atoms with Gasteiger partial charge in [-0.2, -0.15) is 18.3 Å². The Hall–Kier alpha value is -1.90. The molecule has 0 unspecified atom stereocenters. The first kappa shape index (κ1) is 14.2. The van der Waals surface area contributed by atoms with Gasteiger partial charge in [0.05, 0.1) is 18.0 Å². The number of furan rings is 1. The first-order valence-corrected chi connectivity index (χ1v) is 4.78. The van der Waals surface area contributed by atoms with Gasteiger partial charge in [-0.15, -0.1) is 0 Å². The Morgan fingerprint density at radius 2 is 2.11 bits per heavy atom. The molecule has 2 heterocycles. The molecule has 5 nitrogen and oxygen atoms in total. The van der Waals surface area contributed by atoms with Crippen LogP contribution in [0.4, 0.5) is 13.2 Å². The van der Waals surface area contributed by atoms with E-state index in [1.807, 2.05) is 0 Å². The first-order chi connectivity index (χ1) is 8.32. The van der Waals surface area contributed by atoms with Crippen LogP contribution in [0.15, 0.2) is 35.3 Å². The smallest absolute Gasteiger partial charge is 0.434 e. The van der Waals surface area contributed by atoms with Crippen LogP contribution in [0.2, 0.25) is 0 Å². The largest absolute Gasteiger partial charge is 0.478 e. The van der Waals surface area contributed by atoms with E-state index in [-0.39, 0.29) is 5.56 Å². The van der Waals surface area contributed by atoms with Crippen LogP contribution in [0.25, 0.3) is 0 Å². The Kier molecular flexibility index (Phi) is 4.43. The zero-order valence-electron chi connectivity index (χ0n) is 8.63. The van der Waals surface area contributed by atoms with Gasteiger partial charge in [0.25, 0.3) is 0 Å². The number of carboxylic acids is 1. The molecule has 1 N–H and O–H groups in total. The van der Waals surface area contributed by atoms with E-state index in [1.54, 1.807) is 0 Å². The molecular formula is C9H7F3N2O3S. The van der Waals surface area contributed by atoms with Crippen molar-refractivity contribution in [3.05, 3.63) is 42.1 Å². The maximum atomic E-state index is 11.8. The first-order valence-electron chi connectivity index (χ1n) is 4.38. The number of carboxylic acid groups (broad SMARTS) is 1. The van der Waals surface area contributed by atoms with Gasteiger partial charge in [0.15, 0.2) is 5.69 Å². The molecule has 98 valence electrons. The summed E-state index contributed by atoms with van der Waals surface area (Å²) < 4.78 is 40.3. The Morgan fingerprint density at radius 3 is 2.33 bits per heavy atom. The molecule has 0 aliphatic carbocycles. The molecule has 18 heavy (non-hydrogen) atoms. The van der Waals surface area contributed by atoms with Gasteiger partial charge in [0.1, 0.15) is 6.26 Å². The van der Waals surface area contributed by atoms with E-state index < -0.39 is 17.8 Å². The number of aromatic nitrogens is 2. The molecule has 2 aromatic rings. The minimum absolute atomic E-state index is 0.185. The number of carbonyl (C=O) groups is 1. The summed E-state index contributed by atoms with van der Waals surface area (Å²) in [6.07, 6.45) is -0.820. The van der Waals surface area contributed by atoms with E-state index in [0.29, 0.717) is 4.09 Å². The summed E-state index contributed by atoms with van der Waals surface area (Å²) in [6, 6.07) is 2.25. The fraction of sp³-hybridized carbons (Fsp3) is 0.111. The van der Waals surface area contributed by atoms with E-state index in [2.05, 4.69) is 22.3 Å². The summed E-state index contributed by atoms with van der Waals surface area (Å²) in [6.45, 7) is 0. The maximum Gasteiger partial charge on any atom is 0.434 e. The quantitative estimate of drug-likeness (QED) is 0.788. The normalized spacial score (nSPS) is 10.7. The molecule has 9 heteroatoms. The van der Waals surface area contributed by atoms with Crippen molar-refractivity contribution >= 4 is 18.8 Å². The number of hydrogen-bond acceptors (Lipinski definition) is 4. The Balaban J connectivity index is 0.000000184. The molecule has 0 saturated heterocycles. The lowest BCUT2D eigenvalue weighted by molar-refractivity contribution is -0.141. The topological polar surface area (TPSA) is 68.3 Å². The number of halogens is 3. The van der Waals surface area contributed by atoms with Crippen LogP contribution in [0, 0.1) is 0 Å². The highest BCUT2D eigenvalue weighted by atomic mass is 32.1. The summed E-state index contributed by atoms with van der Waals surface area (Å²) in [4.78, 5) is 10.0. The van der Waals surface area contributed by atoms with Crippen molar-refractivity contribution in [3.8, 4) is 0 Å². The standard InChI is InChI=1S/C5H4O3.C4H3F3N2S/c6-5(7)4-1-2-8-3-4;5-4(6,7)3-1-2-8-9(3)10/h1-3H,(H,6,7);1-2,10H. The van der Waals surface area contributed by atoms with E-state index in [0.717, 1.165) is 12.3 Å². The molecule has 2 aromatic heterocycles. The van der Waals surface area contributed by atoms with Crippen LogP contribution in [0.1, 0.15) is 16.1 Å². The zero-order valence-corrected chi connectivity index (χ0v) is 9.52. The van der Waals surface area contributed by atoms with Gasteiger partial charge >= 0.3 is 12.1 Å². The van der Waals surface area contributed by atoms with Crippen molar-refractivity contribution in [2.24, 2.45) is 0 Å². The lowest BCUT2D eigenvalue weighted by Gasteiger charge is -2.03. The fourth-order valence-electron chi connectivity index (χ4n) is 0.890. The minimum atomic E-state index is -4.36. The van der Waals surface area contributed by atoms with Gasteiger partial charge in [-0.25, -0.2) is 8.88 Å². The molecular weight excluding hydrogens is 273 g/mol. The third-order valence-corrected chi connectivity index (χ3v) is 2.00. The van der Waals surface area contributed by atoms with Crippen molar-refractivity contribution in [1.29, 1.82) is 0 Å². The molecule has 0 radical (unpaired) electrons. The zero-order chi connectivity index (χ0) is 13.8. The van der Waals surface area contributed by atoms with Gasteiger partial charge in [-0.3, -0.25) is 0 Å². The minimum Gasteiger partial charge on any atom is -0.478 e. The summed E-state index contributed by atoms with van der Waals surface area (Å²) in [5.74, 6) is -0.959. The van der Waals surface area contributed by atoms with Gasteiger partial charge in [0, 0.05) is 0 Å². The van der Waals surface area contributed by atoms with Crippen molar-refractivity contribution < 1.29 is 27.5 Å². The molecule has 0 aromatic carbocycles. The lowest BCUT2D eigenvalue weighted by Crippen LogP contribution is -2.08. The molecule has 0 aliphatic heterocycles. The Morgan fingerprint density at radius 1 is 1.44 bits per heavy atom. The van der Waals surface area contributed by atoms with E-state index >= 15 is 0 Å². The number of hydrogen-bond donors (Lipinski definition) is 2. The van der Waals surface area contributed by atoms with E-state index in [9.17, 15) is 18.0 Å². The van der Waals surface area contributed by atoms with Gasteiger partial charge in [-0.1, -0.05) is 0 Å². The third kappa shape index (κ3) is 3.84. The Bertz CT molecular complexity index is 507. The molecule has 0 aliphatic rings. The molecule has 0 saturated carbocycles. The van der Waals surface area contributed by atoms with Crippen LogP contribution in [-0.2, 0) is 6.18 Å². The predicted molar refractivity (Wildman–Crippen MR) is 57.3 cm³/mol. The van der Waals surface area contributed by atoms with Crippen molar-refractivity contribution in [2.45, 2.75) is 6.18 Å². The van der Waals surface area contributed by atoms with Gasteiger partial charge in [-0.05, 0) is 24.9 Å². The summed E-state index contributed by atoms with van der Waals surface area (Å²) >= 11 is 3.43. The van der Waals surface area contributed by atoms with Crippen LogP contribution in [-0.4, -0.2) is 20.3 Å². The fourth-order valence-corrected chi connectivity index (χ4v) is 1.13. The average Bonchev–Trinajstić information content (AvgIpc) is 2.85. The van der Waals surface area contributed by atoms with Crippen molar-refractivity contribution in [2.75, 3.05) is 0 Å². The molecule has 0 bridgehead atoms. The molecule has 0 fully saturated rings. The highest BCUT2D eigenvalue weighted by molar-refractivity contribution is 7.78. The lowest BCUT2D eigenvalue weighted by atomic mass is 10.4. The second-order valence-corrected chi connectivity index (χ2v) is 3.30. The molecule has 0 amide bonds. The molecule has 2 rings (SSSR count). The third-order valence-electron chi connectivity index (χ3n) is 1.68. The number of thiol groups is 1. The molecule has 0 atom stereocenters. The number of nitrogens with zero attached hydrogens (tertiary/aromatic N) is 2. The Labute approximate surface area is 104 Å². The van der Waals surface area contributed by atoms with Gasteiger partial charge in [0.2, 0.25) is 0 Å². The number of rotatable bonds is 1. The van der Waals surface area contributed by atoms with Crippen molar-refractivity contribution in [1.82, 2.24) is 9.19 Å².